The van der Waals surface area contributed by atoms with Gasteiger partial charge in [0.15, 0.2) is 0 Å². The van der Waals surface area contributed by atoms with Crippen molar-refractivity contribution in [3.8, 4) is 0 Å². The van der Waals surface area contributed by atoms with Gasteiger partial charge in [-0.3, -0.25) is 9.59 Å². The Labute approximate surface area is 212 Å². The van der Waals surface area contributed by atoms with E-state index in [1.165, 1.54) is 30.4 Å². The number of para-hydroxylation sites is 1. The van der Waals surface area contributed by atoms with Gasteiger partial charge in [0.25, 0.3) is 11.8 Å². The summed E-state index contributed by atoms with van der Waals surface area (Å²) in [6, 6.07) is 24.2. The molecule has 36 heavy (non-hydrogen) atoms. The molecule has 5 heteroatoms. The maximum atomic E-state index is 13.3. The third-order valence-electron chi connectivity index (χ3n) is 8.33. The lowest BCUT2D eigenvalue weighted by atomic mass is 9.68. The average molecular weight is 478 g/mol. The minimum atomic E-state index is -0.239. The van der Waals surface area contributed by atoms with Crippen molar-refractivity contribution in [3.63, 3.8) is 0 Å². The van der Waals surface area contributed by atoms with Crippen molar-refractivity contribution in [1.29, 1.82) is 0 Å². The molecule has 1 aliphatic heterocycles. The molecule has 0 spiro atoms. The van der Waals surface area contributed by atoms with E-state index in [4.69, 9.17) is 0 Å². The molecule has 2 saturated carbocycles. The summed E-state index contributed by atoms with van der Waals surface area (Å²) in [6.07, 6.45) is 5.49. The standard InChI is InChI=1S/C31H31N3O2/c1-2-16-32-31(36)23-10-6-7-11-25(23)34-30(35)22-14-15-26-24(18-22)27-20-12-13-21(17-20)28(27)29(33-26)19-8-4-3-5-9-19/h2-11,14-15,18,20-21,27-29,33H,1,12-13,16-17H2,(H,32,36)(H,34,35)/t20-,21-,27-,28+,29-/m0/s1. The highest BCUT2D eigenvalue weighted by Gasteiger charge is 2.53. The Morgan fingerprint density at radius 3 is 2.56 bits per heavy atom. The monoisotopic (exact) mass is 477 g/mol. The van der Waals surface area contributed by atoms with Crippen molar-refractivity contribution >= 4 is 23.2 Å². The number of rotatable bonds is 6. The molecule has 0 unspecified atom stereocenters. The third-order valence-corrected chi connectivity index (χ3v) is 8.33. The van der Waals surface area contributed by atoms with Crippen LogP contribution in [0.2, 0.25) is 0 Å². The summed E-state index contributed by atoms with van der Waals surface area (Å²) in [7, 11) is 0. The van der Waals surface area contributed by atoms with Crippen LogP contribution in [0.4, 0.5) is 11.4 Å². The number of fused-ring (bicyclic) bond motifs is 7. The van der Waals surface area contributed by atoms with Gasteiger partial charge in [-0.25, -0.2) is 0 Å². The summed E-state index contributed by atoms with van der Waals surface area (Å²) in [4.78, 5) is 25.9. The highest BCUT2D eigenvalue weighted by Crippen LogP contribution is 2.63. The molecule has 3 N–H and O–H groups in total. The van der Waals surface area contributed by atoms with Crippen LogP contribution in [0.1, 0.15) is 63.1 Å². The summed E-state index contributed by atoms with van der Waals surface area (Å²) >= 11 is 0. The zero-order chi connectivity index (χ0) is 24.6. The van der Waals surface area contributed by atoms with Crippen molar-refractivity contribution < 1.29 is 9.59 Å². The molecule has 0 radical (unpaired) electrons. The van der Waals surface area contributed by atoms with E-state index < -0.39 is 0 Å². The Bertz CT molecular complexity index is 1320. The third kappa shape index (κ3) is 3.89. The van der Waals surface area contributed by atoms with Crippen molar-refractivity contribution in [2.45, 2.75) is 31.2 Å². The topological polar surface area (TPSA) is 70.2 Å². The molecule has 6 rings (SSSR count). The summed E-state index contributed by atoms with van der Waals surface area (Å²) in [6.45, 7) is 4.01. The van der Waals surface area contributed by atoms with Crippen molar-refractivity contribution in [3.05, 3.63) is 108 Å². The fraction of sp³-hybridized carbons (Fsp3) is 0.290. The van der Waals surface area contributed by atoms with Crippen LogP contribution in [-0.2, 0) is 0 Å². The predicted octanol–water partition coefficient (Wildman–Crippen LogP) is 6.15. The molecular formula is C31H31N3O2. The van der Waals surface area contributed by atoms with Crippen LogP contribution < -0.4 is 16.0 Å². The number of anilines is 2. The van der Waals surface area contributed by atoms with Crippen LogP contribution in [0.5, 0.6) is 0 Å². The van der Waals surface area contributed by atoms with Gasteiger partial charge in [0, 0.05) is 17.8 Å². The molecule has 1 heterocycles. The lowest BCUT2D eigenvalue weighted by molar-refractivity contribution is 0.0959. The first-order valence-corrected chi connectivity index (χ1v) is 12.9. The molecule has 3 aliphatic rings. The summed E-state index contributed by atoms with van der Waals surface area (Å²) in [5, 5.41) is 9.59. The van der Waals surface area contributed by atoms with E-state index in [2.05, 4.69) is 65.0 Å². The largest absolute Gasteiger partial charge is 0.378 e. The molecule has 3 aromatic rings. The maximum Gasteiger partial charge on any atom is 0.255 e. The number of hydrogen-bond acceptors (Lipinski definition) is 3. The van der Waals surface area contributed by atoms with Crippen molar-refractivity contribution in [2.24, 2.45) is 17.8 Å². The van der Waals surface area contributed by atoms with Crippen LogP contribution in [0.25, 0.3) is 0 Å². The first kappa shape index (κ1) is 22.6. The molecule has 182 valence electrons. The van der Waals surface area contributed by atoms with E-state index in [-0.39, 0.29) is 11.8 Å². The molecule has 2 aliphatic carbocycles. The Kier molecular flexibility index (Phi) is 5.84. The van der Waals surface area contributed by atoms with Gasteiger partial charge >= 0.3 is 0 Å². The fourth-order valence-corrected chi connectivity index (χ4v) is 6.86. The lowest BCUT2D eigenvalue weighted by Crippen LogP contribution is -2.35. The number of nitrogens with one attached hydrogen (secondary N) is 3. The van der Waals surface area contributed by atoms with Gasteiger partial charge in [-0.1, -0.05) is 48.5 Å². The van der Waals surface area contributed by atoms with Gasteiger partial charge in [-0.05, 0) is 84.4 Å². The zero-order valence-corrected chi connectivity index (χ0v) is 20.2. The van der Waals surface area contributed by atoms with Crippen molar-refractivity contribution in [2.75, 3.05) is 17.2 Å². The van der Waals surface area contributed by atoms with Crippen LogP contribution in [0, 0.1) is 17.8 Å². The molecule has 3 aromatic carbocycles. The minimum absolute atomic E-state index is 0.202. The summed E-state index contributed by atoms with van der Waals surface area (Å²) < 4.78 is 0. The number of hydrogen-bond donors (Lipinski definition) is 3. The Hall–Kier alpha value is -3.86. The average Bonchev–Trinajstić information content (AvgIpc) is 3.55. The number of benzene rings is 3. The smallest absolute Gasteiger partial charge is 0.255 e. The molecule has 2 fully saturated rings. The van der Waals surface area contributed by atoms with E-state index in [1.807, 2.05) is 12.1 Å². The van der Waals surface area contributed by atoms with Crippen LogP contribution in [0.15, 0.2) is 85.5 Å². The second-order valence-electron chi connectivity index (χ2n) is 10.3. The van der Waals surface area contributed by atoms with Gasteiger partial charge in [-0.2, -0.15) is 0 Å². The molecule has 0 aromatic heterocycles. The van der Waals surface area contributed by atoms with E-state index in [1.54, 1.807) is 24.3 Å². The van der Waals surface area contributed by atoms with Gasteiger partial charge in [0.1, 0.15) is 0 Å². The van der Waals surface area contributed by atoms with Gasteiger partial charge in [0.2, 0.25) is 0 Å². The van der Waals surface area contributed by atoms with Crippen molar-refractivity contribution in [1.82, 2.24) is 5.32 Å². The maximum absolute atomic E-state index is 13.3. The molecule has 2 amide bonds. The molecule has 5 atom stereocenters. The van der Waals surface area contributed by atoms with Crippen LogP contribution in [-0.4, -0.2) is 18.4 Å². The fourth-order valence-electron chi connectivity index (χ4n) is 6.86. The highest BCUT2D eigenvalue weighted by molar-refractivity contribution is 6.09. The SMILES string of the molecule is C=CCNC(=O)c1ccccc1NC(=O)c1ccc2c(c1)[C@@H]1[C@H]3CC[C@@H](C3)[C@H]1[C@H](c1ccccc1)N2. The first-order valence-electron chi connectivity index (χ1n) is 12.9. The predicted molar refractivity (Wildman–Crippen MR) is 143 cm³/mol. The quantitative estimate of drug-likeness (QED) is 0.373. The molecule has 0 saturated heterocycles. The second-order valence-corrected chi connectivity index (χ2v) is 10.3. The van der Waals surface area contributed by atoms with Gasteiger partial charge in [-0.15, -0.1) is 6.58 Å². The van der Waals surface area contributed by atoms with Gasteiger partial charge in [0.05, 0.1) is 17.3 Å². The van der Waals surface area contributed by atoms with Gasteiger partial charge < -0.3 is 16.0 Å². The van der Waals surface area contributed by atoms with E-state index in [0.717, 1.165) is 11.6 Å². The minimum Gasteiger partial charge on any atom is -0.378 e. The van der Waals surface area contributed by atoms with E-state index in [9.17, 15) is 9.59 Å². The molecule has 2 bridgehead atoms. The van der Waals surface area contributed by atoms with Crippen LogP contribution >= 0.6 is 0 Å². The van der Waals surface area contributed by atoms with Crippen LogP contribution in [0.3, 0.4) is 0 Å². The highest BCUT2D eigenvalue weighted by atomic mass is 16.2. The molecular weight excluding hydrogens is 446 g/mol. The Balaban J connectivity index is 1.30. The lowest BCUT2D eigenvalue weighted by Gasteiger charge is -2.43. The summed E-state index contributed by atoms with van der Waals surface area (Å²) in [5.74, 6) is 1.98. The molecule has 5 nitrogen and oxygen atoms in total. The first-order chi connectivity index (χ1) is 17.6. The number of amides is 2. The zero-order valence-electron chi connectivity index (χ0n) is 20.2. The summed E-state index contributed by atoms with van der Waals surface area (Å²) in [5.41, 5.74) is 5.31. The number of carbonyl (C=O) groups excluding carboxylic acids is 2. The second kappa shape index (κ2) is 9.30. The van der Waals surface area contributed by atoms with E-state index in [0.29, 0.717) is 47.2 Å². The Morgan fingerprint density at radius 2 is 1.72 bits per heavy atom. The normalized spacial score (nSPS) is 25.3. The number of carbonyl (C=O) groups is 2. The Morgan fingerprint density at radius 1 is 0.944 bits per heavy atom. The van der Waals surface area contributed by atoms with E-state index >= 15 is 0 Å².